The number of nitrogens with one attached hydrogen (secondary N) is 1. The third-order valence-electron chi connectivity index (χ3n) is 3.37. The molecule has 1 aromatic carbocycles. The number of thiophene rings is 1. The molecule has 1 N–H and O–H groups in total. The van der Waals surface area contributed by atoms with E-state index < -0.39 is 11.8 Å². The van der Waals surface area contributed by atoms with Gasteiger partial charge in [-0.2, -0.15) is 0 Å². The molecule has 1 aromatic heterocycles. The van der Waals surface area contributed by atoms with Gasteiger partial charge in [0, 0.05) is 10.9 Å². The molecule has 0 radical (unpaired) electrons. The van der Waals surface area contributed by atoms with Crippen LogP contribution < -0.4 is 15.0 Å². The van der Waals surface area contributed by atoms with Crippen LogP contribution in [0.25, 0.3) is 6.08 Å². The lowest BCUT2D eigenvalue weighted by Crippen LogP contribution is -2.54. The highest BCUT2D eigenvalue weighted by molar-refractivity contribution is 7.80. The molecule has 1 aliphatic heterocycles. The van der Waals surface area contributed by atoms with E-state index in [0.717, 1.165) is 0 Å². The monoisotopic (exact) mass is 392 g/mol. The molecule has 8 heteroatoms. The summed E-state index contributed by atoms with van der Waals surface area (Å²) >= 11 is 12.4. The van der Waals surface area contributed by atoms with E-state index >= 15 is 0 Å². The van der Waals surface area contributed by atoms with Gasteiger partial charge in [-0.1, -0.05) is 17.7 Å². The molecule has 0 atom stereocenters. The molecule has 0 aliphatic carbocycles. The molecule has 2 heterocycles. The topological polar surface area (TPSA) is 58.6 Å². The maximum Gasteiger partial charge on any atom is 0.270 e. The predicted molar refractivity (Wildman–Crippen MR) is 103 cm³/mol. The van der Waals surface area contributed by atoms with Crippen LogP contribution >= 0.6 is 35.2 Å². The van der Waals surface area contributed by atoms with Gasteiger partial charge in [-0.05, 0) is 49.5 Å². The minimum absolute atomic E-state index is 0.00562. The van der Waals surface area contributed by atoms with Gasteiger partial charge in [0.2, 0.25) is 0 Å². The second kappa shape index (κ2) is 7.35. The highest BCUT2D eigenvalue weighted by atomic mass is 35.5. The summed E-state index contributed by atoms with van der Waals surface area (Å²) in [7, 11) is 0. The van der Waals surface area contributed by atoms with Crippen LogP contribution in [0.2, 0.25) is 4.34 Å². The van der Waals surface area contributed by atoms with E-state index in [4.69, 9.17) is 28.6 Å². The number of amides is 2. The van der Waals surface area contributed by atoms with E-state index in [9.17, 15) is 9.59 Å². The fraction of sp³-hybridized carbons (Fsp3) is 0.118. The van der Waals surface area contributed by atoms with E-state index in [0.29, 0.717) is 27.3 Å². The van der Waals surface area contributed by atoms with Crippen LogP contribution in [0.5, 0.6) is 5.75 Å². The van der Waals surface area contributed by atoms with Crippen LogP contribution in [0.4, 0.5) is 5.69 Å². The van der Waals surface area contributed by atoms with Gasteiger partial charge in [0.1, 0.15) is 11.3 Å². The molecule has 25 heavy (non-hydrogen) atoms. The van der Waals surface area contributed by atoms with Gasteiger partial charge in [0.25, 0.3) is 11.8 Å². The Hall–Kier alpha value is -2.22. The number of carbonyl (C=O) groups excluding carboxylic acids is 2. The van der Waals surface area contributed by atoms with E-state index in [1.165, 1.54) is 22.3 Å². The van der Waals surface area contributed by atoms with Crippen LogP contribution in [0.15, 0.2) is 42.0 Å². The number of hydrogen-bond acceptors (Lipinski definition) is 5. The van der Waals surface area contributed by atoms with E-state index in [1.807, 2.05) is 6.92 Å². The van der Waals surface area contributed by atoms with Gasteiger partial charge in [-0.15, -0.1) is 11.3 Å². The van der Waals surface area contributed by atoms with Gasteiger partial charge < -0.3 is 4.74 Å². The van der Waals surface area contributed by atoms with Crippen molar-refractivity contribution < 1.29 is 14.3 Å². The maximum atomic E-state index is 12.9. The van der Waals surface area contributed by atoms with E-state index in [-0.39, 0.29) is 10.7 Å². The maximum absolute atomic E-state index is 12.9. The Morgan fingerprint density at radius 3 is 2.80 bits per heavy atom. The molecule has 5 nitrogen and oxygen atoms in total. The Morgan fingerprint density at radius 2 is 2.12 bits per heavy atom. The number of anilines is 1. The molecule has 0 saturated carbocycles. The zero-order valence-electron chi connectivity index (χ0n) is 13.1. The molecular formula is C17H13ClN2O3S2. The lowest BCUT2D eigenvalue weighted by Gasteiger charge is -2.29. The summed E-state index contributed by atoms with van der Waals surface area (Å²) < 4.78 is 6.03. The number of halogens is 1. The molecule has 2 aromatic rings. The van der Waals surface area contributed by atoms with Gasteiger partial charge in [-0.25, -0.2) is 0 Å². The van der Waals surface area contributed by atoms with Gasteiger partial charge >= 0.3 is 0 Å². The molecule has 0 unspecified atom stereocenters. The molecule has 0 bridgehead atoms. The molecule has 3 rings (SSSR count). The Kier molecular flexibility index (Phi) is 5.17. The summed E-state index contributed by atoms with van der Waals surface area (Å²) in [5, 5.41) is 2.58. The fourth-order valence-corrected chi connectivity index (χ4v) is 3.60. The van der Waals surface area contributed by atoms with Crippen molar-refractivity contribution in [3.8, 4) is 5.75 Å². The first-order valence-electron chi connectivity index (χ1n) is 7.39. The summed E-state index contributed by atoms with van der Waals surface area (Å²) in [6.07, 6.45) is 1.51. The smallest absolute Gasteiger partial charge is 0.270 e. The van der Waals surface area contributed by atoms with Crippen molar-refractivity contribution in [3.05, 3.63) is 51.2 Å². The number of thiocarbonyl (C=S) groups is 1. The number of ether oxygens (including phenoxy) is 1. The van der Waals surface area contributed by atoms with Crippen molar-refractivity contribution in [2.45, 2.75) is 6.92 Å². The third-order valence-corrected chi connectivity index (χ3v) is 4.83. The summed E-state index contributed by atoms with van der Waals surface area (Å²) in [5.41, 5.74) is 0.519. The quantitative estimate of drug-likeness (QED) is 0.490. The Balaban J connectivity index is 1.98. The van der Waals surface area contributed by atoms with Crippen molar-refractivity contribution in [1.82, 2.24) is 5.32 Å². The Labute approximate surface area is 158 Å². The van der Waals surface area contributed by atoms with Crippen molar-refractivity contribution >= 4 is 63.8 Å². The number of hydrogen-bond donors (Lipinski definition) is 1. The third kappa shape index (κ3) is 3.73. The van der Waals surface area contributed by atoms with Crippen LogP contribution in [0.1, 0.15) is 11.8 Å². The SMILES string of the molecule is CCOc1cccc(N2C(=O)/C(=C/c3ccc(Cl)s3)C(=O)NC2=S)c1. The second-order valence-electron chi connectivity index (χ2n) is 5.03. The largest absolute Gasteiger partial charge is 0.494 e. The number of carbonyl (C=O) groups is 2. The number of nitrogens with zero attached hydrogens (tertiary/aromatic N) is 1. The van der Waals surface area contributed by atoms with Crippen molar-refractivity contribution in [3.63, 3.8) is 0 Å². The number of rotatable bonds is 4. The number of benzene rings is 1. The average Bonchev–Trinajstić information content (AvgIpc) is 2.97. The lowest BCUT2D eigenvalue weighted by molar-refractivity contribution is -0.122. The minimum atomic E-state index is -0.531. The first-order valence-corrected chi connectivity index (χ1v) is 8.99. The Bertz CT molecular complexity index is 892. The predicted octanol–water partition coefficient (Wildman–Crippen LogP) is 3.63. The molecular weight excluding hydrogens is 380 g/mol. The molecule has 1 fully saturated rings. The minimum Gasteiger partial charge on any atom is -0.494 e. The molecule has 1 aliphatic rings. The first kappa shape index (κ1) is 17.6. The highest BCUT2D eigenvalue weighted by Crippen LogP contribution is 2.28. The normalized spacial score (nSPS) is 16.3. The summed E-state index contributed by atoms with van der Waals surface area (Å²) in [4.78, 5) is 27.1. The molecule has 1 saturated heterocycles. The van der Waals surface area contributed by atoms with Crippen LogP contribution in [0.3, 0.4) is 0 Å². The van der Waals surface area contributed by atoms with Crippen LogP contribution in [-0.4, -0.2) is 23.5 Å². The first-order chi connectivity index (χ1) is 12.0. The average molecular weight is 393 g/mol. The summed E-state index contributed by atoms with van der Waals surface area (Å²) in [5.74, 6) is -0.410. The lowest BCUT2D eigenvalue weighted by atomic mass is 10.1. The van der Waals surface area contributed by atoms with E-state index in [1.54, 1.807) is 36.4 Å². The molecule has 128 valence electrons. The van der Waals surface area contributed by atoms with Crippen molar-refractivity contribution in [2.24, 2.45) is 0 Å². The van der Waals surface area contributed by atoms with Gasteiger partial charge in [0.05, 0.1) is 16.6 Å². The van der Waals surface area contributed by atoms with E-state index in [2.05, 4.69) is 5.32 Å². The second-order valence-corrected chi connectivity index (χ2v) is 7.16. The zero-order chi connectivity index (χ0) is 18.0. The zero-order valence-corrected chi connectivity index (χ0v) is 15.5. The van der Waals surface area contributed by atoms with Crippen LogP contribution in [-0.2, 0) is 9.59 Å². The highest BCUT2D eigenvalue weighted by Gasteiger charge is 2.34. The van der Waals surface area contributed by atoms with Gasteiger partial charge in [-0.3, -0.25) is 19.8 Å². The standard InChI is InChI=1S/C17H13ClN2O3S2/c1-2-23-11-5-3-4-10(8-11)20-16(22)13(15(21)19-17(20)24)9-12-6-7-14(18)25-12/h3-9H,2H2,1H3,(H,19,21,24)/b13-9+. The Morgan fingerprint density at radius 1 is 1.32 bits per heavy atom. The van der Waals surface area contributed by atoms with Gasteiger partial charge in [0.15, 0.2) is 5.11 Å². The molecule has 0 spiro atoms. The van der Waals surface area contributed by atoms with Crippen molar-refractivity contribution in [1.29, 1.82) is 0 Å². The van der Waals surface area contributed by atoms with Crippen molar-refractivity contribution in [2.75, 3.05) is 11.5 Å². The van der Waals surface area contributed by atoms with Crippen LogP contribution in [0, 0.1) is 0 Å². The fourth-order valence-electron chi connectivity index (χ4n) is 2.32. The molecule has 2 amide bonds. The summed E-state index contributed by atoms with van der Waals surface area (Å²) in [6.45, 7) is 2.37. The summed E-state index contributed by atoms with van der Waals surface area (Å²) in [6, 6.07) is 10.4.